The first-order valence-corrected chi connectivity index (χ1v) is 5.10. The summed E-state index contributed by atoms with van der Waals surface area (Å²) in [6.45, 7) is 5.64. The molecule has 0 saturated heterocycles. The van der Waals surface area contributed by atoms with E-state index in [-0.39, 0.29) is 0 Å². The van der Waals surface area contributed by atoms with E-state index in [0.29, 0.717) is 6.42 Å². The number of amides is 1. The lowest BCUT2D eigenvalue weighted by atomic mass is 10.0. The van der Waals surface area contributed by atoms with Crippen molar-refractivity contribution in [3.05, 3.63) is 35.7 Å². The Kier molecular flexibility index (Phi) is 4.08. The normalized spacial score (nSPS) is 12.9. The minimum Gasteiger partial charge on any atom is -0.368 e. The first-order valence-electron chi connectivity index (χ1n) is 5.10. The van der Waals surface area contributed by atoms with Crippen LogP contribution >= 0.6 is 0 Å². The molecule has 1 rings (SSSR count). The number of aromatic amines is 1. The predicted molar refractivity (Wildman–Crippen MR) is 66.5 cm³/mol. The van der Waals surface area contributed by atoms with Crippen molar-refractivity contribution in [1.82, 2.24) is 4.98 Å². The average molecular weight is 219 g/mol. The first kappa shape index (κ1) is 12.3. The van der Waals surface area contributed by atoms with Crippen molar-refractivity contribution in [2.45, 2.75) is 19.4 Å². The van der Waals surface area contributed by atoms with E-state index in [1.807, 2.05) is 25.3 Å². The lowest BCUT2D eigenvalue weighted by Gasteiger charge is -2.06. The number of hydrogen-bond acceptors (Lipinski definition) is 2. The monoisotopic (exact) mass is 219 g/mol. The largest absolute Gasteiger partial charge is 0.368 e. The fourth-order valence-corrected chi connectivity index (χ4v) is 1.53. The van der Waals surface area contributed by atoms with E-state index in [4.69, 9.17) is 11.5 Å². The molecule has 1 aromatic heterocycles. The Hall–Kier alpha value is -1.81. The standard InChI is InChI=1S/C12H17N3O/c1-3-5-9-8(6-10(13)12(14)16)7-15-11(9)4-2/h3-5,7,10,15H,2,6,13H2,1H3,(H2,14,16)/b5-3-. The van der Waals surface area contributed by atoms with Gasteiger partial charge in [-0.15, -0.1) is 0 Å². The zero-order chi connectivity index (χ0) is 12.1. The number of nitrogens with two attached hydrogens (primary N) is 2. The Morgan fingerprint density at radius 1 is 1.69 bits per heavy atom. The Morgan fingerprint density at radius 2 is 2.38 bits per heavy atom. The molecule has 1 aromatic rings. The zero-order valence-corrected chi connectivity index (χ0v) is 9.36. The molecular weight excluding hydrogens is 202 g/mol. The van der Waals surface area contributed by atoms with Gasteiger partial charge in [-0.05, 0) is 25.0 Å². The number of aromatic nitrogens is 1. The van der Waals surface area contributed by atoms with E-state index in [9.17, 15) is 4.79 Å². The van der Waals surface area contributed by atoms with Gasteiger partial charge in [0.1, 0.15) is 0 Å². The number of allylic oxidation sites excluding steroid dienone is 1. The number of rotatable bonds is 5. The molecule has 0 saturated carbocycles. The Labute approximate surface area is 95.0 Å². The molecule has 1 amide bonds. The maximum absolute atomic E-state index is 10.9. The van der Waals surface area contributed by atoms with E-state index in [1.165, 1.54) is 0 Å². The van der Waals surface area contributed by atoms with E-state index in [0.717, 1.165) is 16.8 Å². The molecular formula is C12H17N3O. The molecule has 0 bridgehead atoms. The molecule has 4 heteroatoms. The fraction of sp³-hybridized carbons (Fsp3) is 0.250. The number of nitrogens with one attached hydrogen (secondary N) is 1. The molecule has 5 N–H and O–H groups in total. The van der Waals surface area contributed by atoms with Gasteiger partial charge in [0.2, 0.25) is 5.91 Å². The Bertz CT molecular complexity index is 418. The van der Waals surface area contributed by atoms with E-state index in [1.54, 1.807) is 6.08 Å². The summed E-state index contributed by atoms with van der Waals surface area (Å²) in [6, 6.07) is -0.655. The van der Waals surface area contributed by atoms with Gasteiger partial charge in [0.25, 0.3) is 0 Å². The number of carbonyl (C=O) groups is 1. The van der Waals surface area contributed by atoms with Crippen LogP contribution in [0.4, 0.5) is 0 Å². The van der Waals surface area contributed by atoms with Gasteiger partial charge in [-0.3, -0.25) is 4.79 Å². The third-order valence-electron chi connectivity index (χ3n) is 2.38. The lowest BCUT2D eigenvalue weighted by Crippen LogP contribution is -2.38. The third kappa shape index (κ3) is 2.61. The van der Waals surface area contributed by atoms with Crippen LogP contribution < -0.4 is 11.5 Å². The quantitative estimate of drug-likeness (QED) is 0.691. The summed E-state index contributed by atoms with van der Waals surface area (Å²) >= 11 is 0. The summed E-state index contributed by atoms with van der Waals surface area (Å²) in [6.07, 6.45) is 7.87. The highest BCUT2D eigenvalue weighted by Gasteiger charge is 2.14. The van der Waals surface area contributed by atoms with Crippen molar-refractivity contribution in [3.8, 4) is 0 Å². The van der Waals surface area contributed by atoms with Crippen LogP contribution in [0, 0.1) is 0 Å². The summed E-state index contributed by atoms with van der Waals surface area (Å²) in [5.74, 6) is -0.493. The van der Waals surface area contributed by atoms with Gasteiger partial charge in [0, 0.05) is 17.5 Å². The van der Waals surface area contributed by atoms with Gasteiger partial charge in [-0.25, -0.2) is 0 Å². The molecule has 16 heavy (non-hydrogen) atoms. The summed E-state index contributed by atoms with van der Waals surface area (Å²) in [7, 11) is 0. The van der Waals surface area contributed by atoms with Crippen molar-refractivity contribution in [1.29, 1.82) is 0 Å². The van der Waals surface area contributed by atoms with Crippen LogP contribution in [0.25, 0.3) is 12.2 Å². The molecule has 1 atom stereocenters. The Balaban J connectivity index is 3.00. The van der Waals surface area contributed by atoms with Crippen LogP contribution in [0.15, 0.2) is 18.9 Å². The minimum absolute atomic E-state index is 0.430. The van der Waals surface area contributed by atoms with Crippen LogP contribution in [-0.2, 0) is 11.2 Å². The fourth-order valence-electron chi connectivity index (χ4n) is 1.53. The minimum atomic E-state index is -0.655. The summed E-state index contributed by atoms with van der Waals surface area (Å²) in [4.78, 5) is 14.0. The molecule has 86 valence electrons. The van der Waals surface area contributed by atoms with Crippen LogP contribution in [0.2, 0.25) is 0 Å². The van der Waals surface area contributed by atoms with E-state index >= 15 is 0 Å². The molecule has 0 aliphatic rings. The molecule has 1 heterocycles. The predicted octanol–water partition coefficient (Wildman–Crippen LogP) is 1.05. The van der Waals surface area contributed by atoms with Gasteiger partial charge in [0.05, 0.1) is 6.04 Å². The van der Waals surface area contributed by atoms with Crippen molar-refractivity contribution in [3.63, 3.8) is 0 Å². The van der Waals surface area contributed by atoms with Crippen molar-refractivity contribution in [2.75, 3.05) is 0 Å². The van der Waals surface area contributed by atoms with Crippen LogP contribution in [0.1, 0.15) is 23.7 Å². The van der Waals surface area contributed by atoms with Crippen LogP contribution in [0.5, 0.6) is 0 Å². The SMILES string of the molecule is C=Cc1[nH]cc(CC(N)C(N)=O)c1/C=C\C. The number of hydrogen-bond donors (Lipinski definition) is 3. The molecule has 0 aromatic carbocycles. The second kappa shape index (κ2) is 5.32. The third-order valence-corrected chi connectivity index (χ3v) is 2.38. The lowest BCUT2D eigenvalue weighted by molar-refractivity contribution is -0.119. The van der Waals surface area contributed by atoms with Crippen molar-refractivity contribution >= 4 is 18.1 Å². The summed E-state index contributed by atoms with van der Waals surface area (Å²) < 4.78 is 0. The topological polar surface area (TPSA) is 84.9 Å². The van der Waals surface area contributed by atoms with Crippen molar-refractivity contribution < 1.29 is 4.79 Å². The first-order chi connectivity index (χ1) is 7.60. The Morgan fingerprint density at radius 3 is 2.88 bits per heavy atom. The number of H-pyrrole nitrogens is 1. The average Bonchev–Trinajstić information content (AvgIpc) is 2.61. The van der Waals surface area contributed by atoms with Gasteiger partial charge in [-0.2, -0.15) is 0 Å². The van der Waals surface area contributed by atoms with Gasteiger partial charge < -0.3 is 16.5 Å². The molecule has 4 nitrogen and oxygen atoms in total. The van der Waals surface area contributed by atoms with Gasteiger partial charge in [0.15, 0.2) is 0 Å². The molecule has 0 spiro atoms. The van der Waals surface area contributed by atoms with Gasteiger partial charge in [-0.1, -0.05) is 18.7 Å². The maximum atomic E-state index is 10.9. The number of primary amides is 1. The smallest absolute Gasteiger partial charge is 0.234 e. The number of carbonyl (C=O) groups excluding carboxylic acids is 1. The van der Waals surface area contributed by atoms with Crippen LogP contribution in [0.3, 0.4) is 0 Å². The molecule has 0 aliphatic carbocycles. The highest BCUT2D eigenvalue weighted by atomic mass is 16.1. The zero-order valence-electron chi connectivity index (χ0n) is 9.36. The van der Waals surface area contributed by atoms with E-state index in [2.05, 4.69) is 11.6 Å². The second-order valence-corrected chi connectivity index (χ2v) is 3.56. The summed E-state index contributed by atoms with van der Waals surface area (Å²) in [5, 5.41) is 0. The highest BCUT2D eigenvalue weighted by molar-refractivity contribution is 5.80. The van der Waals surface area contributed by atoms with Gasteiger partial charge >= 0.3 is 0 Å². The maximum Gasteiger partial charge on any atom is 0.234 e. The molecule has 0 aliphatic heterocycles. The molecule has 1 unspecified atom stereocenters. The highest BCUT2D eigenvalue weighted by Crippen LogP contribution is 2.18. The molecule has 0 radical (unpaired) electrons. The van der Waals surface area contributed by atoms with Crippen molar-refractivity contribution in [2.24, 2.45) is 11.5 Å². The van der Waals surface area contributed by atoms with E-state index < -0.39 is 11.9 Å². The summed E-state index contributed by atoms with van der Waals surface area (Å²) in [5.41, 5.74) is 13.7. The molecule has 0 fully saturated rings. The van der Waals surface area contributed by atoms with Crippen LogP contribution in [-0.4, -0.2) is 16.9 Å². The second-order valence-electron chi connectivity index (χ2n) is 3.56.